The molecule has 0 bridgehead atoms. The van der Waals surface area contributed by atoms with Crippen molar-refractivity contribution in [3.63, 3.8) is 0 Å². The molecule has 0 unspecified atom stereocenters. The quantitative estimate of drug-likeness (QED) is 0.844. The predicted octanol–water partition coefficient (Wildman–Crippen LogP) is 2.56. The van der Waals surface area contributed by atoms with Gasteiger partial charge in [-0.25, -0.2) is 0 Å². The van der Waals surface area contributed by atoms with Crippen LogP contribution in [0.1, 0.15) is 12.0 Å². The zero-order valence-electron chi connectivity index (χ0n) is 8.74. The molecule has 0 atom stereocenters. The molecule has 4 heteroatoms. The molecule has 0 aliphatic heterocycles. The van der Waals surface area contributed by atoms with E-state index in [1.54, 1.807) is 0 Å². The maximum absolute atomic E-state index is 5.46. The molecule has 0 heterocycles. The van der Waals surface area contributed by atoms with E-state index >= 15 is 0 Å². The summed E-state index contributed by atoms with van der Waals surface area (Å²) in [5, 5.41) is 0. The molecule has 0 radical (unpaired) electrons. The average Bonchev–Trinajstić information content (AvgIpc) is 2.18. The van der Waals surface area contributed by atoms with Crippen LogP contribution < -0.4 is 5.73 Å². The van der Waals surface area contributed by atoms with Crippen LogP contribution in [-0.2, 0) is 6.54 Å². The Kier molecular flexibility index (Phi) is 5.22. The third-order valence-corrected chi connectivity index (χ3v) is 3.12. The smallest absolute Gasteiger partial charge is 0.0740 e. The molecule has 1 aromatic rings. The first-order valence-electron chi connectivity index (χ1n) is 4.80. The van der Waals surface area contributed by atoms with Gasteiger partial charge < -0.3 is 10.6 Å². The van der Waals surface area contributed by atoms with E-state index in [2.05, 4.69) is 40.0 Å². The summed E-state index contributed by atoms with van der Waals surface area (Å²) >= 11 is 8.37. The summed E-state index contributed by atoms with van der Waals surface area (Å²) in [5.41, 5.74) is 6.74. The summed E-state index contributed by atoms with van der Waals surface area (Å²) < 4.78 is 1.15. The van der Waals surface area contributed by atoms with E-state index in [-0.39, 0.29) is 0 Å². The molecule has 0 aliphatic rings. The largest absolute Gasteiger partial charge is 0.393 e. The number of benzene rings is 1. The van der Waals surface area contributed by atoms with E-state index in [0.717, 1.165) is 24.0 Å². The molecule has 0 aliphatic carbocycles. The molecule has 2 N–H and O–H groups in total. The van der Waals surface area contributed by atoms with Gasteiger partial charge in [0.2, 0.25) is 0 Å². The average molecular weight is 287 g/mol. The van der Waals surface area contributed by atoms with Crippen molar-refractivity contribution in [2.45, 2.75) is 13.0 Å². The van der Waals surface area contributed by atoms with Crippen LogP contribution in [0.4, 0.5) is 0 Å². The lowest BCUT2D eigenvalue weighted by Gasteiger charge is -2.16. The van der Waals surface area contributed by atoms with E-state index in [0.29, 0.717) is 4.99 Å². The Balaban J connectivity index is 2.47. The lowest BCUT2D eigenvalue weighted by Crippen LogP contribution is -2.23. The van der Waals surface area contributed by atoms with Gasteiger partial charge in [-0.3, -0.25) is 0 Å². The van der Waals surface area contributed by atoms with Crippen molar-refractivity contribution < 1.29 is 0 Å². The number of nitrogens with zero attached hydrogens (tertiary/aromatic N) is 1. The summed E-state index contributed by atoms with van der Waals surface area (Å²) in [6.45, 7) is 1.81. The minimum absolute atomic E-state index is 0.578. The van der Waals surface area contributed by atoms with Gasteiger partial charge in [0, 0.05) is 24.0 Å². The van der Waals surface area contributed by atoms with E-state index in [4.69, 9.17) is 18.0 Å². The highest BCUT2D eigenvalue weighted by molar-refractivity contribution is 9.10. The number of hydrogen-bond acceptors (Lipinski definition) is 2. The maximum atomic E-state index is 5.46. The van der Waals surface area contributed by atoms with Crippen molar-refractivity contribution in [1.29, 1.82) is 0 Å². The molecule has 2 nitrogen and oxygen atoms in total. The molecule has 15 heavy (non-hydrogen) atoms. The molecule has 82 valence electrons. The Morgan fingerprint density at radius 1 is 1.47 bits per heavy atom. The van der Waals surface area contributed by atoms with Gasteiger partial charge in [0.1, 0.15) is 0 Å². The first-order chi connectivity index (χ1) is 7.09. The van der Waals surface area contributed by atoms with Gasteiger partial charge in [0.15, 0.2) is 0 Å². The Morgan fingerprint density at radius 2 is 2.13 bits per heavy atom. The molecule has 0 spiro atoms. The van der Waals surface area contributed by atoms with Gasteiger partial charge in [-0.1, -0.05) is 46.3 Å². The number of thiocarbonyl (C=S) groups is 1. The summed E-state index contributed by atoms with van der Waals surface area (Å²) in [6.07, 6.45) is 0.774. The van der Waals surface area contributed by atoms with Crippen molar-refractivity contribution in [3.05, 3.63) is 34.3 Å². The van der Waals surface area contributed by atoms with Crippen molar-refractivity contribution in [3.8, 4) is 0 Å². The van der Waals surface area contributed by atoms with Crippen LogP contribution in [0.5, 0.6) is 0 Å². The van der Waals surface area contributed by atoms with Gasteiger partial charge in [0.25, 0.3) is 0 Å². The summed E-state index contributed by atoms with van der Waals surface area (Å²) in [5.74, 6) is 0. The number of rotatable bonds is 5. The molecular weight excluding hydrogens is 272 g/mol. The highest BCUT2D eigenvalue weighted by Gasteiger charge is 2.03. The zero-order valence-corrected chi connectivity index (χ0v) is 11.1. The van der Waals surface area contributed by atoms with Crippen LogP contribution in [0.3, 0.4) is 0 Å². The Morgan fingerprint density at radius 3 is 2.73 bits per heavy atom. The Hall–Kier alpha value is -0.450. The Labute approximate surface area is 105 Å². The van der Waals surface area contributed by atoms with Crippen molar-refractivity contribution >= 4 is 33.1 Å². The fraction of sp³-hybridized carbons (Fsp3) is 0.364. The lowest BCUT2D eigenvalue weighted by molar-refractivity contribution is 0.336. The fourth-order valence-electron chi connectivity index (χ4n) is 1.30. The third-order valence-electron chi connectivity index (χ3n) is 2.14. The van der Waals surface area contributed by atoms with Gasteiger partial charge in [-0.15, -0.1) is 0 Å². The minimum Gasteiger partial charge on any atom is -0.393 e. The van der Waals surface area contributed by atoms with Crippen LogP contribution in [0.15, 0.2) is 28.7 Å². The third kappa shape index (κ3) is 4.73. The first-order valence-corrected chi connectivity index (χ1v) is 6.00. The molecule has 1 aromatic carbocycles. The molecule has 0 saturated carbocycles. The van der Waals surface area contributed by atoms with Gasteiger partial charge in [0.05, 0.1) is 4.99 Å². The van der Waals surface area contributed by atoms with Crippen LogP contribution in [0.25, 0.3) is 0 Å². The number of nitrogens with two attached hydrogens (primary N) is 1. The highest BCUT2D eigenvalue weighted by atomic mass is 79.9. The Bertz CT molecular complexity index is 341. The van der Waals surface area contributed by atoms with Crippen LogP contribution >= 0.6 is 28.1 Å². The topological polar surface area (TPSA) is 29.3 Å². The summed E-state index contributed by atoms with van der Waals surface area (Å²) in [4.78, 5) is 2.79. The summed E-state index contributed by atoms with van der Waals surface area (Å²) in [7, 11) is 2.07. The zero-order chi connectivity index (χ0) is 11.3. The normalized spacial score (nSPS) is 10.6. The van der Waals surface area contributed by atoms with Gasteiger partial charge in [-0.05, 0) is 18.7 Å². The molecular formula is C11H15BrN2S. The summed E-state index contributed by atoms with van der Waals surface area (Å²) in [6, 6.07) is 8.22. The molecule has 0 amide bonds. The first kappa shape index (κ1) is 12.6. The second-order valence-corrected chi connectivity index (χ2v) is 4.92. The number of halogens is 1. The van der Waals surface area contributed by atoms with Gasteiger partial charge >= 0.3 is 0 Å². The SMILES string of the molecule is CN(CCC(N)=S)Cc1ccccc1Br. The van der Waals surface area contributed by atoms with Crippen LogP contribution in [0.2, 0.25) is 0 Å². The van der Waals surface area contributed by atoms with Crippen LogP contribution in [-0.4, -0.2) is 23.5 Å². The van der Waals surface area contributed by atoms with Gasteiger partial charge in [-0.2, -0.15) is 0 Å². The lowest BCUT2D eigenvalue weighted by atomic mass is 10.2. The maximum Gasteiger partial charge on any atom is 0.0740 e. The molecule has 0 aromatic heterocycles. The predicted molar refractivity (Wildman–Crippen MR) is 71.9 cm³/mol. The van der Waals surface area contributed by atoms with E-state index in [1.165, 1.54) is 5.56 Å². The fourth-order valence-corrected chi connectivity index (χ4v) is 1.80. The van der Waals surface area contributed by atoms with E-state index < -0.39 is 0 Å². The molecule has 0 fully saturated rings. The molecule has 1 rings (SSSR count). The van der Waals surface area contributed by atoms with Crippen molar-refractivity contribution in [2.24, 2.45) is 5.73 Å². The monoisotopic (exact) mass is 286 g/mol. The second-order valence-electron chi connectivity index (χ2n) is 3.55. The number of hydrogen-bond donors (Lipinski definition) is 1. The van der Waals surface area contributed by atoms with Crippen LogP contribution in [0, 0.1) is 0 Å². The minimum atomic E-state index is 0.578. The standard InChI is InChI=1S/C11H15BrN2S/c1-14(7-6-11(13)15)8-9-4-2-3-5-10(9)12/h2-5H,6-8H2,1H3,(H2,13,15). The van der Waals surface area contributed by atoms with E-state index in [9.17, 15) is 0 Å². The van der Waals surface area contributed by atoms with E-state index in [1.807, 2.05) is 12.1 Å². The highest BCUT2D eigenvalue weighted by Crippen LogP contribution is 2.17. The van der Waals surface area contributed by atoms with Crippen molar-refractivity contribution in [2.75, 3.05) is 13.6 Å². The molecule has 0 saturated heterocycles. The van der Waals surface area contributed by atoms with Crippen molar-refractivity contribution in [1.82, 2.24) is 4.90 Å². The second kappa shape index (κ2) is 6.20.